The van der Waals surface area contributed by atoms with E-state index in [1.165, 1.54) is 0 Å². The van der Waals surface area contributed by atoms with Crippen molar-refractivity contribution in [2.45, 2.75) is 27.2 Å². The quantitative estimate of drug-likeness (QED) is 0.514. The molecule has 0 bridgehead atoms. The van der Waals surface area contributed by atoms with Crippen molar-refractivity contribution in [3.05, 3.63) is 11.8 Å². The summed E-state index contributed by atoms with van der Waals surface area (Å²) in [6, 6.07) is 0. The van der Waals surface area contributed by atoms with Crippen LogP contribution in [0.3, 0.4) is 0 Å². The van der Waals surface area contributed by atoms with E-state index in [2.05, 4.69) is 31.6 Å². The van der Waals surface area contributed by atoms with E-state index in [0.717, 1.165) is 18.0 Å². The topological polar surface area (TPSA) is 12.4 Å². The minimum atomic E-state index is 0.724. The molecule has 0 rings (SSSR count). The zero-order valence-electron chi connectivity index (χ0n) is 6.52. The van der Waals surface area contributed by atoms with Gasteiger partial charge in [-0.1, -0.05) is 19.9 Å². The Bertz CT molecular complexity index is 112. The minimum Gasteiger partial charge on any atom is -0.270 e. The molecule has 0 aliphatic carbocycles. The molecule has 1 nitrogen and oxygen atoms in total. The van der Waals surface area contributed by atoms with Gasteiger partial charge in [-0.2, -0.15) is 0 Å². The predicted octanol–water partition coefficient (Wildman–Crippen LogP) is 2.64. The normalized spacial score (nSPS) is 12.2. The van der Waals surface area contributed by atoms with E-state index in [4.69, 9.17) is 0 Å². The van der Waals surface area contributed by atoms with E-state index in [9.17, 15) is 0 Å². The standard InChI is InChI=1S/C8H15N/c1-7(2)5-6-8(3)9-4/h6-7H,4-5H2,1-3H3. The Morgan fingerprint density at radius 2 is 2.22 bits per heavy atom. The highest BCUT2D eigenvalue weighted by atomic mass is 14.7. The van der Waals surface area contributed by atoms with Crippen LogP contribution in [0.2, 0.25) is 0 Å². The zero-order chi connectivity index (χ0) is 7.28. The zero-order valence-corrected chi connectivity index (χ0v) is 6.52. The molecule has 0 heterocycles. The summed E-state index contributed by atoms with van der Waals surface area (Å²) in [6.45, 7) is 9.76. The van der Waals surface area contributed by atoms with Crippen LogP contribution in [0.25, 0.3) is 0 Å². The molecule has 0 radical (unpaired) electrons. The van der Waals surface area contributed by atoms with Crippen LogP contribution in [-0.2, 0) is 0 Å². The lowest BCUT2D eigenvalue weighted by Gasteiger charge is -1.96. The summed E-state index contributed by atoms with van der Waals surface area (Å²) in [6.07, 6.45) is 3.21. The molecular weight excluding hydrogens is 110 g/mol. The van der Waals surface area contributed by atoms with Crippen molar-refractivity contribution in [3.63, 3.8) is 0 Å². The first-order valence-corrected chi connectivity index (χ1v) is 3.30. The van der Waals surface area contributed by atoms with Crippen molar-refractivity contribution >= 4 is 6.72 Å². The second kappa shape index (κ2) is 4.30. The molecule has 0 aliphatic rings. The Kier molecular flexibility index (Phi) is 4.02. The molecule has 0 N–H and O–H groups in total. The smallest absolute Gasteiger partial charge is 0.0325 e. The third kappa shape index (κ3) is 5.28. The summed E-state index contributed by atoms with van der Waals surface area (Å²) < 4.78 is 0. The Labute approximate surface area is 57.5 Å². The lowest BCUT2D eigenvalue weighted by atomic mass is 10.1. The summed E-state index contributed by atoms with van der Waals surface area (Å²) >= 11 is 0. The van der Waals surface area contributed by atoms with Gasteiger partial charge in [0.05, 0.1) is 0 Å². The van der Waals surface area contributed by atoms with Crippen LogP contribution in [0.1, 0.15) is 27.2 Å². The average Bonchev–Trinajstić information content (AvgIpc) is 1.83. The number of rotatable bonds is 3. The number of hydrogen-bond acceptors (Lipinski definition) is 1. The molecule has 52 valence electrons. The van der Waals surface area contributed by atoms with Crippen LogP contribution in [0.15, 0.2) is 16.8 Å². The van der Waals surface area contributed by atoms with Gasteiger partial charge in [0.2, 0.25) is 0 Å². The van der Waals surface area contributed by atoms with E-state index in [0.29, 0.717) is 0 Å². The predicted molar refractivity (Wildman–Crippen MR) is 42.8 cm³/mol. The second-order valence-corrected chi connectivity index (χ2v) is 2.63. The second-order valence-electron chi connectivity index (χ2n) is 2.63. The van der Waals surface area contributed by atoms with Gasteiger partial charge in [0.1, 0.15) is 0 Å². The van der Waals surface area contributed by atoms with Crippen molar-refractivity contribution in [1.82, 2.24) is 0 Å². The highest BCUT2D eigenvalue weighted by molar-refractivity contribution is 5.28. The third-order valence-electron chi connectivity index (χ3n) is 1.13. The molecule has 0 fully saturated rings. The van der Waals surface area contributed by atoms with Gasteiger partial charge in [0.25, 0.3) is 0 Å². The van der Waals surface area contributed by atoms with Gasteiger partial charge in [0, 0.05) is 5.70 Å². The molecular formula is C8H15N. The van der Waals surface area contributed by atoms with Crippen molar-refractivity contribution < 1.29 is 0 Å². The summed E-state index contributed by atoms with van der Waals surface area (Å²) in [4.78, 5) is 3.77. The SMILES string of the molecule is C=NC(C)=CCC(C)C. The largest absolute Gasteiger partial charge is 0.270 e. The minimum absolute atomic E-state index is 0.724. The fraction of sp³-hybridized carbons (Fsp3) is 0.625. The molecule has 0 amide bonds. The lowest BCUT2D eigenvalue weighted by Crippen LogP contribution is -1.82. The molecule has 0 aromatic carbocycles. The summed E-state index contributed by atoms with van der Waals surface area (Å²) in [5, 5.41) is 0. The van der Waals surface area contributed by atoms with Crippen LogP contribution in [-0.4, -0.2) is 6.72 Å². The lowest BCUT2D eigenvalue weighted by molar-refractivity contribution is 0.661. The fourth-order valence-electron chi connectivity index (χ4n) is 0.471. The van der Waals surface area contributed by atoms with Gasteiger partial charge in [-0.15, -0.1) is 0 Å². The molecule has 0 saturated heterocycles. The van der Waals surface area contributed by atoms with Crippen molar-refractivity contribution in [1.29, 1.82) is 0 Å². The van der Waals surface area contributed by atoms with Gasteiger partial charge in [-0.25, -0.2) is 0 Å². The van der Waals surface area contributed by atoms with Crippen LogP contribution in [0, 0.1) is 5.92 Å². The maximum atomic E-state index is 3.77. The molecule has 9 heavy (non-hydrogen) atoms. The first-order valence-electron chi connectivity index (χ1n) is 3.30. The third-order valence-corrected chi connectivity index (χ3v) is 1.13. The molecule has 0 aromatic rings. The molecule has 0 aromatic heterocycles. The maximum absolute atomic E-state index is 3.77. The van der Waals surface area contributed by atoms with Crippen LogP contribution >= 0.6 is 0 Å². The summed E-state index contributed by atoms with van der Waals surface area (Å²) in [5.74, 6) is 0.724. The molecule has 1 heteroatoms. The maximum Gasteiger partial charge on any atom is 0.0325 e. The van der Waals surface area contributed by atoms with Crippen molar-refractivity contribution in [2.75, 3.05) is 0 Å². The van der Waals surface area contributed by atoms with E-state index in [-0.39, 0.29) is 0 Å². The van der Waals surface area contributed by atoms with E-state index in [1.807, 2.05) is 6.92 Å². The fourth-order valence-corrected chi connectivity index (χ4v) is 0.471. The average molecular weight is 125 g/mol. The summed E-state index contributed by atoms with van der Waals surface area (Å²) in [7, 11) is 0. The van der Waals surface area contributed by atoms with Gasteiger partial charge in [-0.3, -0.25) is 4.99 Å². The summed E-state index contributed by atoms with van der Waals surface area (Å²) in [5.41, 5.74) is 1.03. The van der Waals surface area contributed by atoms with E-state index >= 15 is 0 Å². The van der Waals surface area contributed by atoms with E-state index < -0.39 is 0 Å². The van der Waals surface area contributed by atoms with E-state index in [1.54, 1.807) is 0 Å². The van der Waals surface area contributed by atoms with Crippen LogP contribution in [0.4, 0.5) is 0 Å². The first-order chi connectivity index (χ1) is 4.16. The Morgan fingerprint density at radius 3 is 2.56 bits per heavy atom. The number of aliphatic imine (C=N–C) groups is 1. The van der Waals surface area contributed by atoms with Crippen molar-refractivity contribution in [3.8, 4) is 0 Å². The number of allylic oxidation sites excluding steroid dienone is 2. The molecule has 0 spiro atoms. The molecule has 0 aliphatic heterocycles. The number of hydrogen-bond donors (Lipinski definition) is 0. The first kappa shape index (κ1) is 8.41. The molecule has 0 unspecified atom stereocenters. The highest BCUT2D eigenvalue weighted by Gasteiger charge is 1.88. The monoisotopic (exact) mass is 125 g/mol. The molecule has 0 atom stereocenters. The van der Waals surface area contributed by atoms with Gasteiger partial charge >= 0.3 is 0 Å². The van der Waals surface area contributed by atoms with Crippen LogP contribution in [0.5, 0.6) is 0 Å². The molecule has 0 saturated carbocycles. The van der Waals surface area contributed by atoms with Crippen molar-refractivity contribution in [2.24, 2.45) is 10.9 Å². The Balaban J connectivity index is 3.56. The highest BCUT2D eigenvalue weighted by Crippen LogP contribution is 2.03. The van der Waals surface area contributed by atoms with Gasteiger partial charge < -0.3 is 0 Å². The van der Waals surface area contributed by atoms with Gasteiger partial charge in [0.15, 0.2) is 0 Å². The Morgan fingerprint density at radius 1 is 1.67 bits per heavy atom. The van der Waals surface area contributed by atoms with Gasteiger partial charge in [-0.05, 0) is 26.0 Å². The number of nitrogens with zero attached hydrogens (tertiary/aromatic N) is 1. The Hall–Kier alpha value is -0.590. The van der Waals surface area contributed by atoms with Crippen LogP contribution < -0.4 is 0 Å².